The van der Waals surface area contributed by atoms with Crippen molar-refractivity contribution in [1.82, 2.24) is 4.90 Å². The van der Waals surface area contributed by atoms with Gasteiger partial charge in [0.05, 0.1) is 6.54 Å². The highest BCUT2D eigenvalue weighted by Crippen LogP contribution is 2.36. The standard InChI is InChI=1S/C20H18FN3O/c21-20(9-11-23(13-20)14-22)19(25)24-10-8-17-12-16(6-7-18(17)24)15-4-2-1-3-5-15/h1-7,12H,8-11,13H2/t20-/m0/s1. The Labute approximate surface area is 146 Å². The van der Waals surface area contributed by atoms with Crippen molar-refractivity contribution in [3.05, 3.63) is 54.1 Å². The molecule has 2 aliphatic heterocycles. The Hall–Kier alpha value is -2.87. The maximum atomic E-state index is 15.0. The molecule has 1 amide bonds. The van der Waals surface area contributed by atoms with E-state index in [1.54, 1.807) is 4.90 Å². The van der Waals surface area contributed by atoms with Crippen LogP contribution in [0.4, 0.5) is 10.1 Å². The molecule has 0 bridgehead atoms. The molecule has 0 N–H and O–H groups in total. The van der Waals surface area contributed by atoms with Crippen molar-refractivity contribution >= 4 is 11.6 Å². The second-order valence-electron chi connectivity index (χ2n) is 6.65. The Bertz CT molecular complexity index is 861. The smallest absolute Gasteiger partial charge is 0.266 e. The van der Waals surface area contributed by atoms with Crippen LogP contribution >= 0.6 is 0 Å². The number of fused-ring (bicyclic) bond motifs is 1. The predicted molar refractivity (Wildman–Crippen MR) is 93.6 cm³/mol. The van der Waals surface area contributed by atoms with Gasteiger partial charge in [0.1, 0.15) is 0 Å². The first-order chi connectivity index (χ1) is 12.1. The number of hydrogen-bond donors (Lipinski definition) is 0. The molecule has 0 spiro atoms. The number of carbonyl (C=O) groups excluding carboxylic acids is 1. The van der Waals surface area contributed by atoms with Crippen LogP contribution in [0.3, 0.4) is 0 Å². The maximum absolute atomic E-state index is 15.0. The molecular weight excluding hydrogens is 317 g/mol. The molecule has 0 radical (unpaired) electrons. The van der Waals surface area contributed by atoms with Gasteiger partial charge >= 0.3 is 0 Å². The van der Waals surface area contributed by atoms with Crippen molar-refractivity contribution in [2.45, 2.75) is 18.5 Å². The Morgan fingerprint density at radius 3 is 2.64 bits per heavy atom. The minimum Gasteiger partial charge on any atom is -0.309 e. The fraction of sp³-hybridized carbons (Fsp3) is 0.300. The summed E-state index contributed by atoms with van der Waals surface area (Å²) in [5.74, 6) is -0.517. The van der Waals surface area contributed by atoms with E-state index in [0.29, 0.717) is 13.1 Å². The summed E-state index contributed by atoms with van der Waals surface area (Å²) in [5, 5.41) is 8.93. The highest BCUT2D eigenvalue weighted by molar-refractivity contribution is 6.01. The van der Waals surface area contributed by atoms with Crippen LogP contribution in [0.15, 0.2) is 48.5 Å². The van der Waals surface area contributed by atoms with E-state index in [-0.39, 0.29) is 13.0 Å². The number of alkyl halides is 1. The van der Waals surface area contributed by atoms with Crippen LogP contribution in [-0.2, 0) is 11.2 Å². The molecule has 0 saturated carbocycles. The van der Waals surface area contributed by atoms with Gasteiger partial charge in [-0.25, -0.2) is 4.39 Å². The van der Waals surface area contributed by atoms with Crippen molar-refractivity contribution in [2.75, 3.05) is 24.5 Å². The molecule has 5 heteroatoms. The van der Waals surface area contributed by atoms with Gasteiger partial charge in [-0.05, 0) is 35.2 Å². The van der Waals surface area contributed by atoms with E-state index >= 15 is 4.39 Å². The Morgan fingerprint density at radius 2 is 1.92 bits per heavy atom. The Balaban J connectivity index is 1.60. The zero-order chi connectivity index (χ0) is 17.4. The first-order valence-electron chi connectivity index (χ1n) is 8.45. The number of halogens is 1. The van der Waals surface area contributed by atoms with E-state index in [2.05, 4.69) is 6.07 Å². The van der Waals surface area contributed by atoms with Gasteiger partial charge < -0.3 is 9.80 Å². The van der Waals surface area contributed by atoms with Crippen LogP contribution in [0.25, 0.3) is 11.1 Å². The van der Waals surface area contributed by atoms with E-state index in [1.165, 1.54) is 4.90 Å². The van der Waals surface area contributed by atoms with E-state index in [9.17, 15) is 4.79 Å². The summed E-state index contributed by atoms with van der Waals surface area (Å²) in [6.07, 6.45) is 2.73. The van der Waals surface area contributed by atoms with Crippen molar-refractivity contribution in [2.24, 2.45) is 0 Å². The molecule has 25 heavy (non-hydrogen) atoms. The molecule has 126 valence electrons. The Kier molecular flexibility index (Phi) is 3.69. The fourth-order valence-corrected chi connectivity index (χ4v) is 3.70. The predicted octanol–water partition coefficient (Wildman–Crippen LogP) is 3.14. The molecule has 0 aromatic heterocycles. The summed E-state index contributed by atoms with van der Waals surface area (Å²) in [5.41, 5.74) is 2.11. The number of hydrogen-bond acceptors (Lipinski definition) is 3. The summed E-state index contributed by atoms with van der Waals surface area (Å²) in [6.45, 7) is 0.646. The number of benzene rings is 2. The topological polar surface area (TPSA) is 47.3 Å². The van der Waals surface area contributed by atoms with Crippen molar-refractivity contribution < 1.29 is 9.18 Å². The quantitative estimate of drug-likeness (QED) is 0.792. The molecule has 4 rings (SSSR count). The third kappa shape index (κ3) is 2.64. The van der Waals surface area contributed by atoms with Crippen molar-refractivity contribution in [3.63, 3.8) is 0 Å². The number of carbonyl (C=O) groups is 1. The van der Waals surface area contributed by atoms with Crippen LogP contribution in [0.5, 0.6) is 0 Å². The highest BCUT2D eigenvalue weighted by Gasteiger charge is 2.48. The molecule has 2 aliphatic rings. The fourth-order valence-electron chi connectivity index (χ4n) is 3.70. The van der Waals surface area contributed by atoms with Crippen molar-refractivity contribution in [3.8, 4) is 17.3 Å². The summed E-state index contributed by atoms with van der Waals surface area (Å²) >= 11 is 0. The first-order valence-corrected chi connectivity index (χ1v) is 8.45. The number of rotatable bonds is 2. The highest BCUT2D eigenvalue weighted by atomic mass is 19.1. The van der Waals surface area contributed by atoms with E-state index < -0.39 is 11.6 Å². The average molecular weight is 335 g/mol. The van der Waals surface area contributed by atoms with Gasteiger partial charge in [0.2, 0.25) is 5.67 Å². The van der Waals surface area contributed by atoms with E-state index in [4.69, 9.17) is 5.26 Å². The number of anilines is 1. The molecule has 1 atom stereocenters. The normalized spacial score (nSPS) is 21.9. The number of amides is 1. The van der Waals surface area contributed by atoms with Crippen LogP contribution in [0.2, 0.25) is 0 Å². The second kappa shape index (κ2) is 5.89. The number of nitriles is 1. The van der Waals surface area contributed by atoms with Crippen LogP contribution < -0.4 is 4.90 Å². The summed E-state index contributed by atoms with van der Waals surface area (Å²) in [7, 11) is 0. The molecule has 0 aliphatic carbocycles. The molecule has 4 nitrogen and oxygen atoms in total. The minimum absolute atomic E-state index is 0.0767. The summed E-state index contributed by atoms with van der Waals surface area (Å²) < 4.78 is 15.0. The lowest BCUT2D eigenvalue weighted by Crippen LogP contribution is -2.47. The molecule has 2 aromatic carbocycles. The van der Waals surface area contributed by atoms with Crippen molar-refractivity contribution in [1.29, 1.82) is 5.26 Å². The molecule has 0 unspecified atom stereocenters. The molecular formula is C20H18FN3O. The van der Waals surface area contributed by atoms with Gasteiger partial charge in [0.25, 0.3) is 5.91 Å². The van der Waals surface area contributed by atoms with E-state index in [1.807, 2.05) is 48.7 Å². The van der Waals surface area contributed by atoms with Crippen LogP contribution in [0, 0.1) is 11.5 Å². The Morgan fingerprint density at radius 1 is 1.12 bits per heavy atom. The van der Waals surface area contributed by atoms with Crippen LogP contribution in [0.1, 0.15) is 12.0 Å². The third-order valence-electron chi connectivity index (χ3n) is 5.07. The molecule has 2 aromatic rings. The zero-order valence-corrected chi connectivity index (χ0v) is 13.8. The van der Waals surface area contributed by atoms with Crippen LogP contribution in [-0.4, -0.2) is 36.1 Å². The zero-order valence-electron chi connectivity index (χ0n) is 13.8. The lowest BCUT2D eigenvalue weighted by molar-refractivity contribution is -0.129. The number of nitrogens with zero attached hydrogens (tertiary/aromatic N) is 3. The van der Waals surface area contributed by atoms with Gasteiger partial charge in [-0.1, -0.05) is 36.4 Å². The van der Waals surface area contributed by atoms with E-state index in [0.717, 1.165) is 28.8 Å². The van der Waals surface area contributed by atoms with Gasteiger partial charge in [-0.3, -0.25) is 4.79 Å². The minimum atomic E-state index is -1.96. The third-order valence-corrected chi connectivity index (χ3v) is 5.07. The lowest BCUT2D eigenvalue weighted by atomic mass is 10.0. The largest absolute Gasteiger partial charge is 0.309 e. The first kappa shape index (κ1) is 15.6. The van der Waals surface area contributed by atoms with Gasteiger partial charge in [0, 0.05) is 25.2 Å². The molecule has 1 saturated heterocycles. The summed E-state index contributed by atoms with van der Waals surface area (Å²) in [4.78, 5) is 15.6. The molecule has 1 fully saturated rings. The number of likely N-dealkylation sites (tertiary alicyclic amines) is 1. The maximum Gasteiger partial charge on any atom is 0.266 e. The average Bonchev–Trinajstić information content (AvgIpc) is 3.25. The molecule has 2 heterocycles. The monoisotopic (exact) mass is 335 g/mol. The second-order valence-corrected chi connectivity index (χ2v) is 6.65. The van der Waals surface area contributed by atoms with Gasteiger partial charge in [0.15, 0.2) is 6.19 Å². The summed E-state index contributed by atoms with van der Waals surface area (Å²) in [6, 6.07) is 16.0. The SMILES string of the molecule is N#CN1CC[C@@](F)(C(=O)N2CCc3cc(-c4ccccc4)ccc32)C1. The van der Waals surface area contributed by atoms with Gasteiger partial charge in [-0.2, -0.15) is 5.26 Å². The van der Waals surface area contributed by atoms with Gasteiger partial charge in [-0.15, -0.1) is 0 Å². The lowest BCUT2D eigenvalue weighted by Gasteiger charge is -2.25.